The Morgan fingerprint density at radius 3 is 1.81 bits per heavy atom. The highest BCUT2D eigenvalue weighted by Crippen LogP contribution is 2.12. The van der Waals surface area contributed by atoms with Crippen LogP contribution in [-0.4, -0.2) is 47.6 Å². The molecule has 0 fully saturated rings. The summed E-state index contributed by atoms with van der Waals surface area (Å²) in [6.07, 6.45) is 36.0. The first-order chi connectivity index (χ1) is 20.5. The van der Waals surface area contributed by atoms with E-state index in [1.54, 1.807) is 6.08 Å². The molecule has 0 aromatic heterocycles. The molecule has 2 atom stereocenters. The van der Waals surface area contributed by atoms with Crippen molar-refractivity contribution in [1.29, 1.82) is 0 Å². The van der Waals surface area contributed by atoms with E-state index in [4.69, 9.17) is 9.47 Å². The van der Waals surface area contributed by atoms with Crippen LogP contribution in [0.1, 0.15) is 129 Å². The lowest BCUT2D eigenvalue weighted by molar-refractivity contribution is -0.161. The lowest BCUT2D eigenvalue weighted by Gasteiger charge is -2.16. The van der Waals surface area contributed by atoms with Crippen LogP contribution >= 0.6 is 0 Å². The SMILES string of the molecule is CC/C=C\C/C=C\C/C=C\C/C=C\C=C\C(O)CCCC(=O)OC[C@H](CO)OC(=O)CCCCCCCCCCCC. The van der Waals surface area contributed by atoms with Crippen LogP contribution in [0.4, 0.5) is 0 Å². The molecule has 6 nitrogen and oxygen atoms in total. The molecule has 0 aliphatic carbocycles. The summed E-state index contributed by atoms with van der Waals surface area (Å²) >= 11 is 0. The van der Waals surface area contributed by atoms with Crippen molar-refractivity contribution < 1.29 is 29.3 Å². The number of allylic oxidation sites excluding steroid dienone is 9. The predicted octanol–water partition coefficient (Wildman–Crippen LogP) is 8.64. The van der Waals surface area contributed by atoms with E-state index in [9.17, 15) is 19.8 Å². The zero-order valence-electron chi connectivity index (χ0n) is 26.6. The van der Waals surface area contributed by atoms with Crippen LogP contribution in [0.25, 0.3) is 0 Å². The molecular weight excluding hydrogens is 528 g/mol. The summed E-state index contributed by atoms with van der Waals surface area (Å²) in [6.45, 7) is 3.81. The van der Waals surface area contributed by atoms with Crippen molar-refractivity contribution in [3.63, 3.8) is 0 Å². The van der Waals surface area contributed by atoms with Crippen LogP contribution in [0.5, 0.6) is 0 Å². The Hall–Kier alpha value is -2.44. The van der Waals surface area contributed by atoms with E-state index in [0.717, 1.165) is 44.9 Å². The third-order valence-electron chi connectivity index (χ3n) is 6.68. The van der Waals surface area contributed by atoms with Gasteiger partial charge in [-0.15, -0.1) is 0 Å². The Kier molecular flexibility index (Phi) is 29.7. The highest BCUT2D eigenvalue weighted by molar-refractivity contribution is 5.70. The smallest absolute Gasteiger partial charge is 0.306 e. The molecule has 42 heavy (non-hydrogen) atoms. The molecule has 0 rings (SSSR count). The fourth-order valence-electron chi connectivity index (χ4n) is 4.17. The van der Waals surface area contributed by atoms with Crippen molar-refractivity contribution in [2.75, 3.05) is 13.2 Å². The summed E-state index contributed by atoms with van der Waals surface area (Å²) in [6, 6.07) is 0. The quantitative estimate of drug-likeness (QED) is 0.0411. The van der Waals surface area contributed by atoms with E-state index >= 15 is 0 Å². The molecular formula is C36H60O6. The number of carbonyl (C=O) groups is 2. The molecule has 0 bridgehead atoms. The average Bonchev–Trinajstić information content (AvgIpc) is 2.98. The molecule has 0 spiro atoms. The number of carbonyl (C=O) groups excluding carboxylic acids is 2. The minimum Gasteiger partial charge on any atom is -0.462 e. The van der Waals surface area contributed by atoms with Crippen LogP contribution < -0.4 is 0 Å². The second-order valence-corrected chi connectivity index (χ2v) is 10.7. The van der Waals surface area contributed by atoms with Crippen molar-refractivity contribution in [2.45, 2.75) is 142 Å². The summed E-state index contributed by atoms with van der Waals surface area (Å²) in [5.74, 6) is -0.804. The first kappa shape index (κ1) is 39.6. The highest BCUT2D eigenvalue weighted by Gasteiger charge is 2.16. The van der Waals surface area contributed by atoms with Crippen molar-refractivity contribution in [3.05, 3.63) is 60.8 Å². The van der Waals surface area contributed by atoms with E-state index in [1.165, 1.54) is 44.9 Å². The third-order valence-corrected chi connectivity index (χ3v) is 6.68. The summed E-state index contributed by atoms with van der Waals surface area (Å²) < 4.78 is 10.4. The normalized spacial score (nSPS) is 13.7. The fourth-order valence-corrected chi connectivity index (χ4v) is 4.17. The van der Waals surface area contributed by atoms with E-state index in [-0.39, 0.29) is 19.0 Å². The summed E-state index contributed by atoms with van der Waals surface area (Å²) in [5.41, 5.74) is 0. The molecule has 0 amide bonds. The minimum absolute atomic E-state index is 0.152. The Bertz CT molecular complexity index is 780. The van der Waals surface area contributed by atoms with Crippen molar-refractivity contribution in [2.24, 2.45) is 0 Å². The topological polar surface area (TPSA) is 93.1 Å². The van der Waals surface area contributed by atoms with Crippen molar-refractivity contribution in [3.8, 4) is 0 Å². The molecule has 0 heterocycles. The number of ether oxygens (including phenoxy) is 2. The molecule has 1 unspecified atom stereocenters. The molecule has 0 aliphatic heterocycles. The van der Waals surface area contributed by atoms with E-state index < -0.39 is 24.8 Å². The summed E-state index contributed by atoms with van der Waals surface area (Å²) in [7, 11) is 0. The molecule has 2 N–H and O–H groups in total. The van der Waals surface area contributed by atoms with Gasteiger partial charge in [0.2, 0.25) is 0 Å². The van der Waals surface area contributed by atoms with Gasteiger partial charge in [0.25, 0.3) is 0 Å². The first-order valence-corrected chi connectivity index (χ1v) is 16.5. The third kappa shape index (κ3) is 29.1. The van der Waals surface area contributed by atoms with Gasteiger partial charge in [-0.2, -0.15) is 0 Å². The number of esters is 2. The molecule has 0 saturated carbocycles. The van der Waals surface area contributed by atoms with Crippen LogP contribution in [-0.2, 0) is 19.1 Å². The largest absolute Gasteiger partial charge is 0.462 e. The summed E-state index contributed by atoms with van der Waals surface area (Å²) in [5, 5.41) is 19.6. The standard InChI is InChI=1S/C36H60O6/c1-3-5-7-9-11-13-15-16-17-18-20-22-24-27-33(38)28-26-30-35(39)41-32-34(31-37)42-36(40)29-25-23-21-19-14-12-10-8-6-4-2/h5,7,11,13,16-17,20,22,24,27,33-34,37-38H,3-4,6,8-10,12,14-15,18-19,21,23,25-26,28-32H2,1-2H3/b7-5-,13-11-,17-16-,22-20-,27-24+/t33?,34-/m0/s1. The van der Waals surface area contributed by atoms with E-state index in [1.807, 2.05) is 18.2 Å². The van der Waals surface area contributed by atoms with Crippen LogP contribution in [0.15, 0.2) is 60.8 Å². The molecule has 0 saturated heterocycles. The average molecular weight is 589 g/mol. The van der Waals surface area contributed by atoms with Crippen LogP contribution in [0, 0.1) is 0 Å². The number of hydrogen-bond donors (Lipinski definition) is 2. The lowest BCUT2D eigenvalue weighted by atomic mass is 10.1. The lowest BCUT2D eigenvalue weighted by Crippen LogP contribution is -2.28. The van der Waals surface area contributed by atoms with Gasteiger partial charge in [0.1, 0.15) is 6.61 Å². The monoisotopic (exact) mass is 588 g/mol. The maximum atomic E-state index is 12.1. The van der Waals surface area contributed by atoms with Crippen LogP contribution in [0.3, 0.4) is 0 Å². The van der Waals surface area contributed by atoms with Crippen molar-refractivity contribution >= 4 is 11.9 Å². The molecule has 0 aromatic rings. The van der Waals surface area contributed by atoms with Gasteiger partial charge in [0, 0.05) is 12.8 Å². The van der Waals surface area contributed by atoms with Crippen LogP contribution in [0.2, 0.25) is 0 Å². The van der Waals surface area contributed by atoms with Gasteiger partial charge in [0.05, 0.1) is 12.7 Å². The first-order valence-electron chi connectivity index (χ1n) is 16.5. The number of aliphatic hydroxyl groups excluding tert-OH is 2. The number of unbranched alkanes of at least 4 members (excludes halogenated alkanes) is 9. The summed E-state index contributed by atoms with van der Waals surface area (Å²) in [4.78, 5) is 24.1. The zero-order valence-corrected chi connectivity index (χ0v) is 26.6. The van der Waals surface area contributed by atoms with Gasteiger partial charge in [-0.25, -0.2) is 0 Å². The maximum Gasteiger partial charge on any atom is 0.306 e. The Balaban J connectivity index is 3.86. The minimum atomic E-state index is -0.843. The molecule has 0 aliphatic rings. The molecule has 240 valence electrons. The Morgan fingerprint density at radius 2 is 1.21 bits per heavy atom. The van der Waals surface area contributed by atoms with Gasteiger partial charge < -0.3 is 19.7 Å². The second kappa shape index (κ2) is 31.5. The zero-order chi connectivity index (χ0) is 30.9. The second-order valence-electron chi connectivity index (χ2n) is 10.7. The van der Waals surface area contributed by atoms with Gasteiger partial charge in [-0.3, -0.25) is 9.59 Å². The molecule has 0 radical (unpaired) electrons. The van der Waals surface area contributed by atoms with E-state index in [0.29, 0.717) is 19.3 Å². The number of aliphatic hydroxyl groups is 2. The van der Waals surface area contributed by atoms with Gasteiger partial charge in [0.15, 0.2) is 6.10 Å². The number of hydrogen-bond acceptors (Lipinski definition) is 6. The Morgan fingerprint density at radius 1 is 0.667 bits per heavy atom. The Labute approximate surface area is 256 Å². The molecule has 6 heteroatoms. The van der Waals surface area contributed by atoms with E-state index in [2.05, 4.69) is 50.3 Å². The maximum absolute atomic E-state index is 12.1. The van der Waals surface area contributed by atoms with Gasteiger partial charge in [-0.05, 0) is 44.9 Å². The molecule has 0 aromatic carbocycles. The highest BCUT2D eigenvalue weighted by atomic mass is 16.6. The van der Waals surface area contributed by atoms with Gasteiger partial charge >= 0.3 is 11.9 Å². The number of rotatable bonds is 28. The van der Waals surface area contributed by atoms with Crippen molar-refractivity contribution in [1.82, 2.24) is 0 Å². The predicted molar refractivity (Wildman–Crippen MR) is 174 cm³/mol. The van der Waals surface area contributed by atoms with Gasteiger partial charge in [-0.1, -0.05) is 132 Å². The fraction of sp³-hybridized carbons (Fsp3) is 0.667.